The third kappa shape index (κ3) is 9.51. The molecule has 0 atom stereocenters. The van der Waals surface area contributed by atoms with Crippen LogP contribution in [0.25, 0.3) is 0 Å². The first-order valence-corrected chi connectivity index (χ1v) is 13.7. The molecule has 160 valence electrons. The number of carbonyl (C=O) groups is 2. The largest absolute Gasteiger partial charge is 0.306 e. The van der Waals surface area contributed by atoms with Gasteiger partial charge in [-0.3, -0.25) is 9.59 Å². The molecule has 0 radical (unpaired) electrons. The monoisotopic (exact) mass is 437 g/mol. The molecule has 0 spiro atoms. The molecule has 0 saturated heterocycles. The fourth-order valence-electron chi connectivity index (χ4n) is 2.78. The average Bonchev–Trinajstić information content (AvgIpc) is 2.43. The third-order valence-electron chi connectivity index (χ3n) is 4.05. The Morgan fingerprint density at radius 2 is 1.07 bits per heavy atom. The van der Waals surface area contributed by atoms with E-state index in [0.717, 1.165) is 0 Å². The smallest absolute Gasteiger partial charge is 0.194 e. The zero-order valence-corrected chi connectivity index (χ0v) is 21.4. The van der Waals surface area contributed by atoms with Gasteiger partial charge in [0.05, 0.1) is 0 Å². The Morgan fingerprint density at radius 3 is 1.30 bits per heavy atom. The second-order valence-electron chi connectivity index (χ2n) is 9.63. The van der Waals surface area contributed by atoms with E-state index in [1.165, 1.54) is 23.5 Å². The summed E-state index contributed by atoms with van der Waals surface area (Å²) in [5.74, 6) is 1.11. The highest BCUT2D eigenvalue weighted by Gasteiger charge is 2.35. The quantitative estimate of drug-likeness (QED) is 0.413. The summed E-state index contributed by atoms with van der Waals surface area (Å²) >= 11 is 2.57. The van der Waals surface area contributed by atoms with E-state index in [0.29, 0.717) is 23.8 Å². The highest BCUT2D eigenvalue weighted by atomic mass is 32.2. The topological polar surface area (TPSA) is 54.5 Å². The van der Waals surface area contributed by atoms with Crippen LogP contribution in [0.5, 0.6) is 0 Å². The van der Waals surface area contributed by atoms with Crippen molar-refractivity contribution < 1.29 is 14.2 Å². The van der Waals surface area contributed by atoms with E-state index in [1.54, 1.807) is 0 Å². The maximum absolute atomic E-state index is 13.9. The summed E-state index contributed by atoms with van der Waals surface area (Å²) < 4.78 is 16.0. The Kier molecular flexibility index (Phi) is 10.9. The standard InChI is InChI=1S/C20H40NO3PS2/c1-15(2)21(16(3)4)25(24,11-13-26-17(22)19(5,6)7)12-14-27-18(23)20(8,9)10/h15-16H,11-14H2,1-10H3. The van der Waals surface area contributed by atoms with Crippen molar-refractivity contribution in [1.29, 1.82) is 0 Å². The minimum Gasteiger partial charge on any atom is -0.306 e. The molecule has 0 aliphatic carbocycles. The van der Waals surface area contributed by atoms with Crippen molar-refractivity contribution >= 4 is 41.0 Å². The summed E-state index contributed by atoms with van der Waals surface area (Å²) in [7, 11) is -2.67. The van der Waals surface area contributed by atoms with Crippen LogP contribution in [0.2, 0.25) is 0 Å². The molecule has 0 N–H and O–H groups in total. The molecule has 0 aliphatic rings. The molecule has 0 aliphatic heterocycles. The summed E-state index contributed by atoms with van der Waals surface area (Å²) in [6.07, 6.45) is 1.00. The first-order valence-electron chi connectivity index (χ1n) is 9.73. The molecule has 0 unspecified atom stereocenters. The van der Waals surface area contributed by atoms with Gasteiger partial charge < -0.3 is 4.57 Å². The number of nitrogens with zero attached hydrogens (tertiary/aromatic N) is 1. The molecule has 0 bridgehead atoms. The van der Waals surface area contributed by atoms with Crippen LogP contribution in [0, 0.1) is 10.8 Å². The van der Waals surface area contributed by atoms with E-state index >= 15 is 0 Å². The Bertz CT molecular complexity index is 504. The molecule has 0 aromatic heterocycles. The number of hydrogen-bond acceptors (Lipinski definition) is 5. The lowest BCUT2D eigenvalue weighted by Crippen LogP contribution is -2.36. The molecule has 0 rings (SSSR count). The molecule has 7 heteroatoms. The Balaban J connectivity index is 5.19. The van der Waals surface area contributed by atoms with Crippen LogP contribution in [0.1, 0.15) is 69.2 Å². The summed E-state index contributed by atoms with van der Waals surface area (Å²) in [4.78, 5) is 24.4. The summed E-state index contributed by atoms with van der Waals surface area (Å²) in [5.41, 5.74) is -0.779. The molecule has 0 amide bonds. The number of thioether (sulfide) groups is 2. The van der Waals surface area contributed by atoms with Gasteiger partial charge in [0.25, 0.3) is 0 Å². The summed E-state index contributed by atoms with van der Waals surface area (Å²) in [6.45, 7) is 19.7. The van der Waals surface area contributed by atoms with Gasteiger partial charge in [-0.05, 0) is 27.7 Å². The lowest BCUT2D eigenvalue weighted by molar-refractivity contribution is -0.118. The van der Waals surface area contributed by atoms with Crippen LogP contribution >= 0.6 is 30.8 Å². The van der Waals surface area contributed by atoms with Crippen molar-refractivity contribution in [3.63, 3.8) is 0 Å². The molecule has 0 aromatic rings. The van der Waals surface area contributed by atoms with Crippen molar-refractivity contribution in [2.24, 2.45) is 10.8 Å². The first-order chi connectivity index (χ1) is 12.0. The Morgan fingerprint density at radius 1 is 0.778 bits per heavy atom. The SMILES string of the molecule is CC(C)N(C(C)C)P(=O)(CCSC(=O)C(C)(C)C)CCSC(=O)C(C)(C)C. The van der Waals surface area contributed by atoms with E-state index in [2.05, 4.69) is 32.4 Å². The molecule has 27 heavy (non-hydrogen) atoms. The van der Waals surface area contributed by atoms with Crippen molar-refractivity contribution in [1.82, 2.24) is 4.67 Å². The van der Waals surface area contributed by atoms with Gasteiger partial charge >= 0.3 is 0 Å². The zero-order valence-electron chi connectivity index (χ0n) is 18.9. The normalized spacial score (nSPS) is 13.7. The van der Waals surface area contributed by atoms with Crippen molar-refractivity contribution in [2.75, 3.05) is 23.8 Å². The minimum atomic E-state index is -2.67. The summed E-state index contributed by atoms with van der Waals surface area (Å²) in [6, 6.07) is 0.310. The van der Waals surface area contributed by atoms with Gasteiger partial charge in [0, 0.05) is 46.7 Å². The average molecular weight is 438 g/mol. The van der Waals surface area contributed by atoms with Gasteiger partial charge in [-0.1, -0.05) is 65.1 Å². The number of hydrogen-bond donors (Lipinski definition) is 0. The lowest BCUT2D eigenvalue weighted by Gasteiger charge is -2.38. The predicted octanol–water partition coefficient (Wildman–Crippen LogP) is 6.00. The van der Waals surface area contributed by atoms with Gasteiger partial charge in [-0.2, -0.15) is 0 Å². The Labute approximate surface area is 175 Å². The van der Waals surface area contributed by atoms with E-state index in [1.807, 2.05) is 41.5 Å². The molecule has 0 saturated carbocycles. The van der Waals surface area contributed by atoms with Crippen LogP contribution in [-0.2, 0) is 14.2 Å². The van der Waals surface area contributed by atoms with E-state index < -0.39 is 7.29 Å². The number of carbonyl (C=O) groups excluding carboxylic acids is 2. The van der Waals surface area contributed by atoms with Crippen LogP contribution in [-0.4, -0.2) is 50.8 Å². The van der Waals surface area contributed by atoms with Crippen LogP contribution in [0.15, 0.2) is 0 Å². The maximum atomic E-state index is 13.9. The third-order valence-corrected chi connectivity index (χ3v) is 10.8. The summed E-state index contributed by atoms with van der Waals surface area (Å²) in [5, 5.41) is 0.263. The maximum Gasteiger partial charge on any atom is 0.194 e. The molecule has 0 aromatic carbocycles. The highest BCUT2D eigenvalue weighted by molar-refractivity contribution is 8.14. The van der Waals surface area contributed by atoms with Crippen molar-refractivity contribution in [2.45, 2.75) is 81.3 Å². The Hall–Kier alpha value is 0.230. The second kappa shape index (κ2) is 10.8. The lowest BCUT2D eigenvalue weighted by atomic mass is 9.99. The van der Waals surface area contributed by atoms with Crippen LogP contribution in [0.4, 0.5) is 0 Å². The van der Waals surface area contributed by atoms with Gasteiger partial charge in [0.15, 0.2) is 17.5 Å². The molecule has 0 heterocycles. The fourth-order valence-corrected chi connectivity index (χ4v) is 9.39. The van der Waals surface area contributed by atoms with Gasteiger partial charge in [-0.15, -0.1) is 0 Å². The molecule has 4 nitrogen and oxygen atoms in total. The molecular weight excluding hydrogens is 397 g/mol. The van der Waals surface area contributed by atoms with Crippen LogP contribution < -0.4 is 0 Å². The van der Waals surface area contributed by atoms with E-state index in [9.17, 15) is 14.2 Å². The van der Waals surface area contributed by atoms with Gasteiger partial charge in [-0.25, -0.2) is 4.67 Å². The fraction of sp³-hybridized carbons (Fsp3) is 0.900. The predicted molar refractivity (Wildman–Crippen MR) is 123 cm³/mol. The number of rotatable bonds is 9. The first kappa shape index (κ1) is 27.2. The molecule has 0 fully saturated rings. The van der Waals surface area contributed by atoms with Crippen molar-refractivity contribution in [3.8, 4) is 0 Å². The zero-order chi connectivity index (χ0) is 21.6. The van der Waals surface area contributed by atoms with E-state index in [-0.39, 0.29) is 33.1 Å². The molecular formula is C20H40NO3PS2. The van der Waals surface area contributed by atoms with Gasteiger partial charge in [0.1, 0.15) is 0 Å². The van der Waals surface area contributed by atoms with Crippen molar-refractivity contribution in [3.05, 3.63) is 0 Å². The second-order valence-corrected chi connectivity index (χ2v) is 14.8. The highest BCUT2D eigenvalue weighted by Crippen LogP contribution is 2.53. The van der Waals surface area contributed by atoms with Crippen LogP contribution in [0.3, 0.4) is 0 Å². The van der Waals surface area contributed by atoms with E-state index in [4.69, 9.17) is 0 Å². The van der Waals surface area contributed by atoms with Gasteiger partial charge in [0.2, 0.25) is 0 Å². The minimum absolute atomic E-state index is 0.131.